The van der Waals surface area contributed by atoms with Crippen LogP contribution in [0, 0.1) is 28.9 Å². The van der Waals surface area contributed by atoms with E-state index in [2.05, 4.69) is 11.1 Å². The smallest absolute Gasteiger partial charge is 0.315 e. The molecular formula is C22H17ClF2N2O2. The van der Waals surface area contributed by atoms with Crippen molar-refractivity contribution in [2.75, 3.05) is 7.11 Å². The molecule has 3 rings (SSSR count). The van der Waals surface area contributed by atoms with Gasteiger partial charge in [0.05, 0.1) is 24.4 Å². The molecule has 0 N–H and O–H groups in total. The lowest BCUT2D eigenvalue weighted by Gasteiger charge is -2.30. The molecule has 148 valence electrons. The number of nitriles is 1. The van der Waals surface area contributed by atoms with Gasteiger partial charge in [-0.05, 0) is 42.3 Å². The first-order valence-electron chi connectivity index (χ1n) is 8.81. The molecule has 2 unspecified atom stereocenters. The fourth-order valence-corrected chi connectivity index (χ4v) is 3.85. The first-order valence-corrected chi connectivity index (χ1v) is 9.19. The quantitative estimate of drug-likeness (QED) is 0.662. The average Bonchev–Trinajstić information content (AvgIpc) is 2.67. The topological polar surface area (TPSA) is 62.4 Å². The van der Waals surface area contributed by atoms with Gasteiger partial charge >= 0.3 is 5.97 Å². The molecule has 2 atom stereocenters. The van der Waals surface area contributed by atoms with E-state index in [9.17, 15) is 18.8 Å². The van der Waals surface area contributed by atoms with E-state index < -0.39 is 29.4 Å². The van der Waals surface area contributed by atoms with E-state index in [1.165, 1.54) is 31.4 Å². The van der Waals surface area contributed by atoms with E-state index in [1.54, 1.807) is 19.1 Å². The van der Waals surface area contributed by atoms with Crippen LogP contribution in [0.4, 0.5) is 8.78 Å². The highest BCUT2D eigenvalue weighted by atomic mass is 35.5. The summed E-state index contributed by atoms with van der Waals surface area (Å²) in [5, 5.41) is 10.0. The Hall–Kier alpha value is -3.04. The van der Waals surface area contributed by atoms with Crippen LogP contribution in [0.15, 0.2) is 58.7 Å². The molecule has 29 heavy (non-hydrogen) atoms. The largest absolute Gasteiger partial charge is 0.468 e. The van der Waals surface area contributed by atoms with Gasteiger partial charge in [-0.25, -0.2) is 8.78 Å². The van der Waals surface area contributed by atoms with E-state index in [0.29, 0.717) is 22.5 Å². The first kappa shape index (κ1) is 20.7. The van der Waals surface area contributed by atoms with Crippen LogP contribution in [-0.2, 0) is 16.0 Å². The van der Waals surface area contributed by atoms with Crippen LogP contribution in [0.1, 0.15) is 24.0 Å². The summed E-state index contributed by atoms with van der Waals surface area (Å²) in [4.78, 5) is 17.0. The monoisotopic (exact) mass is 414 g/mol. The number of carbonyl (C=O) groups excluding carboxylic acids is 1. The van der Waals surface area contributed by atoms with E-state index in [-0.39, 0.29) is 17.0 Å². The van der Waals surface area contributed by atoms with E-state index >= 15 is 0 Å². The van der Waals surface area contributed by atoms with Gasteiger partial charge in [-0.2, -0.15) is 5.26 Å². The molecule has 0 saturated carbocycles. The number of hydrogen-bond acceptors (Lipinski definition) is 4. The zero-order valence-corrected chi connectivity index (χ0v) is 16.5. The Morgan fingerprint density at radius 1 is 1.24 bits per heavy atom. The third kappa shape index (κ3) is 4.20. The van der Waals surface area contributed by atoms with Gasteiger partial charge in [0, 0.05) is 23.1 Å². The van der Waals surface area contributed by atoms with Gasteiger partial charge in [0.1, 0.15) is 17.6 Å². The number of ether oxygens (including phenoxy) is 1. The van der Waals surface area contributed by atoms with Gasteiger partial charge in [-0.3, -0.25) is 9.79 Å². The van der Waals surface area contributed by atoms with Gasteiger partial charge in [0.25, 0.3) is 0 Å². The number of halogens is 3. The van der Waals surface area contributed by atoms with Crippen molar-refractivity contribution in [3.05, 3.63) is 81.5 Å². The summed E-state index contributed by atoms with van der Waals surface area (Å²) in [5.41, 5.74) is 2.10. The molecule has 4 nitrogen and oxygen atoms in total. The van der Waals surface area contributed by atoms with Crippen molar-refractivity contribution in [1.29, 1.82) is 5.26 Å². The van der Waals surface area contributed by atoms with Crippen molar-refractivity contribution in [3.63, 3.8) is 0 Å². The Bertz CT molecular complexity index is 1070. The molecule has 0 spiro atoms. The van der Waals surface area contributed by atoms with Gasteiger partial charge in [0.2, 0.25) is 0 Å². The number of aliphatic imine (C=N–C) groups is 1. The molecule has 2 aromatic carbocycles. The summed E-state index contributed by atoms with van der Waals surface area (Å²) in [7, 11) is 1.25. The molecular weight excluding hydrogens is 398 g/mol. The standard InChI is InChI=1S/C22H17ClF2N2O2/c1-12-20(22(28)29-2)21(16-7-6-15(25)10-18(16)23)17(11-26)19(27-12)9-13-4-3-5-14(24)8-13/h3-8,10,20-21H,9H2,1-2H3. The van der Waals surface area contributed by atoms with Crippen LogP contribution in [0.3, 0.4) is 0 Å². The van der Waals surface area contributed by atoms with Gasteiger partial charge in [-0.15, -0.1) is 0 Å². The number of rotatable bonds is 4. The minimum absolute atomic E-state index is 0.0939. The van der Waals surface area contributed by atoms with Gasteiger partial charge < -0.3 is 4.74 Å². The Labute approximate surface area is 172 Å². The molecule has 1 heterocycles. The van der Waals surface area contributed by atoms with Crippen molar-refractivity contribution >= 4 is 23.3 Å². The molecule has 0 amide bonds. The zero-order chi connectivity index (χ0) is 21.1. The number of benzene rings is 2. The number of carbonyl (C=O) groups is 1. The summed E-state index contributed by atoms with van der Waals surface area (Å²) in [6, 6.07) is 11.9. The molecule has 2 aromatic rings. The third-order valence-electron chi connectivity index (χ3n) is 4.85. The molecule has 0 saturated heterocycles. The second-order valence-corrected chi connectivity index (χ2v) is 7.08. The highest BCUT2D eigenvalue weighted by molar-refractivity contribution is 6.31. The Morgan fingerprint density at radius 2 is 1.97 bits per heavy atom. The molecule has 0 bridgehead atoms. The first-order chi connectivity index (χ1) is 13.8. The van der Waals surface area contributed by atoms with Crippen LogP contribution >= 0.6 is 11.6 Å². The van der Waals surface area contributed by atoms with Gasteiger partial charge in [-0.1, -0.05) is 29.8 Å². The van der Waals surface area contributed by atoms with E-state index in [1.807, 2.05) is 0 Å². The maximum atomic E-state index is 13.6. The number of methoxy groups -OCH3 is 1. The van der Waals surface area contributed by atoms with Crippen molar-refractivity contribution < 1.29 is 18.3 Å². The maximum absolute atomic E-state index is 13.6. The fraction of sp³-hybridized carbons (Fsp3) is 0.227. The second-order valence-electron chi connectivity index (χ2n) is 6.68. The normalized spacial score (nSPS) is 18.8. The summed E-state index contributed by atoms with van der Waals surface area (Å²) in [6.07, 6.45) is 0.196. The lowest BCUT2D eigenvalue weighted by atomic mass is 9.75. The van der Waals surface area contributed by atoms with Crippen molar-refractivity contribution in [2.24, 2.45) is 10.9 Å². The minimum atomic E-state index is -0.881. The minimum Gasteiger partial charge on any atom is -0.468 e. The van der Waals surface area contributed by atoms with Crippen LogP contribution in [0.5, 0.6) is 0 Å². The third-order valence-corrected chi connectivity index (χ3v) is 5.18. The highest BCUT2D eigenvalue weighted by Crippen LogP contribution is 2.42. The number of esters is 1. The molecule has 0 aromatic heterocycles. The SMILES string of the molecule is COC(=O)C1C(C)=NC(Cc2cccc(F)c2)=C(C#N)C1c1ccc(F)cc1Cl. The van der Waals surface area contributed by atoms with E-state index in [4.69, 9.17) is 16.3 Å². The molecule has 0 aliphatic carbocycles. The lowest BCUT2D eigenvalue weighted by Crippen LogP contribution is -2.34. The van der Waals surface area contributed by atoms with Gasteiger partial charge in [0.15, 0.2) is 0 Å². The lowest BCUT2D eigenvalue weighted by molar-refractivity contribution is -0.143. The van der Waals surface area contributed by atoms with Crippen LogP contribution < -0.4 is 0 Å². The Balaban J connectivity index is 2.18. The fourth-order valence-electron chi connectivity index (χ4n) is 3.56. The molecule has 1 aliphatic heterocycles. The molecule has 0 radical (unpaired) electrons. The zero-order valence-electron chi connectivity index (χ0n) is 15.7. The summed E-state index contributed by atoms with van der Waals surface area (Å²) in [5.74, 6) is -3.18. The predicted octanol–water partition coefficient (Wildman–Crippen LogP) is 4.99. The van der Waals surface area contributed by atoms with E-state index in [0.717, 1.165) is 6.07 Å². The van der Waals surface area contributed by atoms with Crippen LogP contribution in [0.2, 0.25) is 5.02 Å². The highest BCUT2D eigenvalue weighted by Gasteiger charge is 2.40. The maximum Gasteiger partial charge on any atom is 0.315 e. The summed E-state index contributed by atoms with van der Waals surface area (Å²) in [6.45, 7) is 1.66. The molecule has 1 aliphatic rings. The summed E-state index contributed by atoms with van der Waals surface area (Å²) < 4.78 is 32.1. The van der Waals surface area contributed by atoms with Crippen molar-refractivity contribution in [2.45, 2.75) is 19.3 Å². The second kappa shape index (κ2) is 8.54. The van der Waals surface area contributed by atoms with Crippen LogP contribution in [0.25, 0.3) is 0 Å². The Morgan fingerprint density at radius 3 is 2.59 bits per heavy atom. The number of hydrogen-bond donors (Lipinski definition) is 0. The van der Waals surface area contributed by atoms with Crippen molar-refractivity contribution in [3.8, 4) is 6.07 Å². The molecule has 7 heteroatoms. The Kier molecular flexibility index (Phi) is 6.09. The summed E-state index contributed by atoms with van der Waals surface area (Å²) >= 11 is 6.26. The molecule has 0 fully saturated rings. The number of allylic oxidation sites excluding steroid dienone is 2. The average molecular weight is 415 g/mol. The predicted molar refractivity (Wildman–Crippen MR) is 106 cm³/mol. The van der Waals surface area contributed by atoms with Crippen LogP contribution in [-0.4, -0.2) is 18.8 Å². The number of nitrogens with zero attached hydrogens (tertiary/aromatic N) is 2. The van der Waals surface area contributed by atoms with Crippen molar-refractivity contribution in [1.82, 2.24) is 0 Å².